The maximum absolute atomic E-state index is 12.9. The molecular weight excluding hydrogens is 179 g/mol. The maximum atomic E-state index is 12.9. The van der Waals surface area contributed by atoms with Gasteiger partial charge in [0.25, 0.3) is 0 Å². The fourth-order valence-electron chi connectivity index (χ4n) is 0.525. The first kappa shape index (κ1) is 8.57. The van der Waals surface area contributed by atoms with E-state index in [1.807, 2.05) is 0 Å². The van der Waals surface area contributed by atoms with Crippen LogP contribution < -0.4 is 0 Å². The molecule has 0 saturated carbocycles. The number of halogens is 1. The Morgan fingerprint density at radius 3 is 2.82 bits per heavy atom. The minimum absolute atomic E-state index is 0.702. The highest BCUT2D eigenvalue weighted by atomic mass is 32.2. The van der Waals surface area contributed by atoms with E-state index in [2.05, 4.69) is 13.1 Å². The Bertz CT molecular complexity index is 207. The Labute approximate surface area is 64.3 Å². The topological polar surface area (TPSA) is 61.8 Å². The van der Waals surface area contributed by atoms with Crippen LogP contribution in [-0.4, -0.2) is 29.7 Å². The first-order valence-electron chi connectivity index (χ1n) is 2.60. The monoisotopic (exact) mass is 184 g/mol. The minimum Gasteiger partial charge on any atom is -0.465 e. The number of methoxy groups -OCH3 is 1. The largest absolute Gasteiger partial charge is 0.465 e. The molecule has 0 aromatic rings. The zero-order valence-corrected chi connectivity index (χ0v) is 6.35. The van der Waals surface area contributed by atoms with Crippen LogP contribution in [0.15, 0.2) is 0 Å². The molecule has 0 aliphatic carbocycles. The summed E-state index contributed by atoms with van der Waals surface area (Å²) in [6.07, 6.45) is 0. The van der Waals surface area contributed by atoms with Crippen molar-refractivity contribution in [3.63, 3.8) is 0 Å². The molecule has 1 saturated heterocycles. The molecule has 0 aromatic heterocycles. The van der Waals surface area contributed by atoms with Crippen molar-refractivity contribution in [1.29, 1.82) is 0 Å². The predicted molar refractivity (Wildman–Crippen MR) is 31.0 cm³/mol. The highest BCUT2D eigenvalue weighted by Gasteiger charge is 2.50. The Kier molecular flexibility index (Phi) is 2.21. The first-order valence-corrected chi connectivity index (χ1v) is 3.60. The summed E-state index contributed by atoms with van der Waals surface area (Å²) in [6, 6.07) is 0. The molecule has 1 aliphatic rings. The standard InChI is InChI=1S/C4H5FO5S/c1-8-3(6)4(5)2-9-11(7)10-4/h2H2,1H3. The van der Waals surface area contributed by atoms with Crippen molar-refractivity contribution >= 4 is 17.3 Å². The van der Waals surface area contributed by atoms with E-state index in [4.69, 9.17) is 0 Å². The fourth-order valence-corrected chi connectivity index (χ4v) is 1.15. The predicted octanol–water partition coefficient (Wildman–Crippen LogP) is -0.549. The zero-order valence-electron chi connectivity index (χ0n) is 5.53. The van der Waals surface area contributed by atoms with Crippen LogP contribution in [-0.2, 0) is 29.3 Å². The van der Waals surface area contributed by atoms with Gasteiger partial charge in [-0.25, -0.2) is 8.98 Å². The van der Waals surface area contributed by atoms with E-state index < -0.39 is 29.8 Å². The average Bonchev–Trinajstić information content (AvgIpc) is 2.31. The molecule has 2 atom stereocenters. The lowest BCUT2D eigenvalue weighted by Gasteiger charge is -2.09. The Morgan fingerprint density at radius 1 is 1.82 bits per heavy atom. The van der Waals surface area contributed by atoms with Gasteiger partial charge < -0.3 is 4.74 Å². The SMILES string of the molecule is COC(=O)C1(F)COS(=O)O1. The van der Waals surface area contributed by atoms with Gasteiger partial charge in [-0.3, -0.25) is 4.18 Å². The third-order valence-corrected chi connectivity index (χ3v) is 1.74. The van der Waals surface area contributed by atoms with Gasteiger partial charge in [0.1, 0.15) is 6.61 Å². The van der Waals surface area contributed by atoms with Gasteiger partial charge in [0, 0.05) is 0 Å². The number of esters is 1. The lowest BCUT2D eigenvalue weighted by molar-refractivity contribution is -0.173. The summed E-state index contributed by atoms with van der Waals surface area (Å²) >= 11 is -2.19. The van der Waals surface area contributed by atoms with Crippen molar-refractivity contribution in [2.75, 3.05) is 13.7 Å². The molecule has 1 rings (SSSR count). The van der Waals surface area contributed by atoms with Gasteiger partial charge in [0.05, 0.1) is 7.11 Å². The third kappa shape index (κ3) is 1.55. The van der Waals surface area contributed by atoms with Crippen molar-refractivity contribution in [2.24, 2.45) is 0 Å². The second kappa shape index (κ2) is 2.84. The molecule has 7 heteroatoms. The van der Waals surface area contributed by atoms with Crippen molar-refractivity contribution in [1.82, 2.24) is 0 Å². The lowest BCUT2D eigenvalue weighted by atomic mass is 10.3. The number of hydrogen-bond donors (Lipinski definition) is 0. The molecule has 1 aliphatic heterocycles. The number of hydrogen-bond acceptors (Lipinski definition) is 5. The number of rotatable bonds is 1. The summed E-state index contributed by atoms with van der Waals surface area (Å²) in [5.74, 6) is -3.96. The molecule has 0 N–H and O–H groups in total. The molecule has 0 radical (unpaired) electrons. The van der Waals surface area contributed by atoms with Gasteiger partial charge >= 0.3 is 23.2 Å². The number of carbonyl (C=O) groups is 1. The van der Waals surface area contributed by atoms with Crippen molar-refractivity contribution in [3.8, 4) is 0 Å². The van der Waals surface area contributed by atoms with Crippen LogP contribution in [0.4, 0.5) is 4.39 Å². The Morgan fingerprint density at radius 2 is 2.45 bits per heavy atom. The number of alkyl halides is 1. The molecule has 0 amide bonds. The molecule has 64 valence electrons. The van der Waals surface area contributed by atoms with Crippen LogP contribution >= 0.6 is 0 Å². The first-order chi connectivity index (χ1) is 5.08. The second-order valence-electron chi connectivity index (χ2n) is 1.77. The molecule has 0 spiro atoms. The average molecular weight is 184 g/mol. The summed E-state index contributed by atoms with van der Waals surface area (Å²) in [4.78, 5) is 10.5. The summed E-state index contributed by atoms with van der Waals surface area (Å²) in [5.41, 5.74) is 0. The van der Waals surface area contributed by atoms with Crippen LogP contribution in [0, 0.1) is 0 Å². The molecule has 1 fully saturated rings. The number of carbonyl (C=O) groups excluding carboxylic acids is 1. The van der Waals surface area contributed by atoms with Crippen molar-refractivity contribution < 1.29 is 26.5 Å². The van der Waals surface area contributed by atoms with E-state index in [0.717, 1.165) is 7.11 Å². The van der Waals surface area contributed by atoms with Gasteiger partial charge in [-0.1, -0.05) is 0 Å². The minimum atomic E-state index is -2.71. The quantitative estimate of drug-likeness (QED) is 0.512. The molecule has 0 aromatic carbocycles. The Balaban J connectivity index is 2.69. The van der Waals surface area contributed by atoms with E-state index in [9.17, 15) is 13.4 Å². The summed E-state index contributed by atoms with van der Waals surface area (Å²) in [6.45, 7) is -0.702. The van der Waals surface area contributed by atoms with Gasteiger partial charge in [-0.2, -0.15) is 8.60 Å². The molecular formula is C4H5FO5S. The molecule has 5 nitrogen and oxygen atoms in total. The molecule has 0 bridgehead atoms. The smallest absolute Gasteiger partial charge is 0.375 e. The van der Waals surface area contributed by atoms with Crippen molar-refractivity contribution in [2.45, 2.75) is 5.85 Å². The molecule has 11 heavy (non-hydrogen) atoms. The third-order valence-electron chi connectivity index (χ3n) is 1.03. The van der Waals surface area contributed by atoms with Crippen LogP contribution in [0.2, 0.25) is 0 Å². The van der Waals surface area contributed by atoms with Crippen molar-refractivity contribution in [3.05, 3.63) is 0 Å². The number of ether oxygens (including phenoxy) is 1. The van der Waals surface area contributed by atoms with E-state index >= 15 is 0 Å². The van der Waals surface area contributed by atoms with E-state index in [1.54, 1.807) is 0 Å². The van der Waals surface area contributed by atoms with Crippen LogP contribution in [0.3, 0.4) is 0 Å². The summed E-state index contributed by atoms with van der Waals surface area (Å²) < 4.78 is 35.4. The summed E-state index contributed by atoms with van der Waals surface area (Å²) in [5, 5.41) is 0. The summed E-state index contributed by atoms with van der Waals surface area (Å²) in [7, 11) is 0.994. The van der Waals surface area contributed by atoms with Crippen LogP contribution in [0.1, 0.15) is 0 Å². The van der Waals surface area contributed by atoms with E-state index in [1.165, 1.54) is 0 Å². The normalized spacial score (nSPS) is 37.1. The van der Waals surface area contributed by atoms with Gasteiger partial charge in [0.15, 0.2) is 0 Å². The Hall–Kier alpha value is -0.530. The van der Waals surface area contributed by atoms with Gasteiger partial charge in [-0.05, 0) is 0 Å². The molecule has 1 heterocycles. The fraction of sp³-hybridized carbons (Fsp3) is 0.750. The van der Waals surface area contributed by atoms with Crippen LogP contribution in [0.25, 0.3) is 0 Å². The van der Waals surface area contributed by atoms with E-state index in [-0.39, 0.29) is 0 Å². The maximum Gasteiger partial charge on any atom is 0.375 e. The van der Waals surface area contributed by atoms with Gasteiger partial charge in [0.2, 0.25) is 0 Å². The van der Waals surface area contributed by atoms with E-state index in [0.29, 0.717) is 0 Å². The van der Waals surface area contributed by atoms with Gasteiger partial charge in [-0.15, -0.1) is 0 Å². The lowest BCUT2D eigenvalue weighted by Crippen LogP contribution is -2.37. The molecule has 2 unspecified atom stereocenters. The highest BCUT2D eigenvalue weighted by molar-refractivity contribution is 7.75. The second-order valence-corrected chi connectivity index (χ2v) is 2.58. The highest BCUT2D eigenvalue weighted by Crippen LogP contribution is 2.24. The van der Waals surface area contributed by atoms with Crippen LogP contribution in [0.5, 0.6) is 0 Å². The zero-order chi connectivity index (χ0) is 8.48.